The molecule has 0 amide bonds. The minimum atomic E-state index is 0.707. The Morgan fingerprint density at radius 3 is 2.85 bits per heavy atom. The standard InChI is InChI=1S/C14H14N4S2/c1-2-6-16-14-17-12-11(5-9-19-12)13(18-14)20-10-3-7-15-8-4-10/h3-5,7-9H,2,6H2,1H3,(H,16,17,18). The Balaban J connectivity index is 1.97. The van der Waals surface area contributed by atoms with Crippen LogP contribution in [0.4, 0.5) is 5.95 Å². The molecule has 0 saturated carbocycles. The van der Waals surface area contributed by atoms with E-state index in [1.165, 1.54) is 0 Å². The van der Waals surface area contributed by atoms with Crippen molar-refractivity contribution in [2.75, 3.05) is 11.9 Å². The van der Waals surface area contributed by atoms with Gasteiger partial charge in [-0.2, -0.15) is 0 Å². The van der Waals surface area contributed by atoms with Crippen LogP contribution in [0.1, 0.15) is 13.3 Å². The van der Waals surface area contributed by atoms with Crippen LogP contribution in [0.25, 0.3) is 10.2 Å². The molecule has 0 aromatic carbocycles. The van der Waals surface area contributed by atoms with Crippen molar-refractivity contribution in [1.82, 2.24) is 15.0 Å². The average molecular weight is 302 g/mol. The molecule has 0 unspecified atom stereocenters. The molecular formula is C14H14N4S2. The third kappa shape index (κ3) is 2.91. The fourth-order valence-electron chi connectivity index (χ4n) is 1.74. The maximum absolute atomic E-state index is 4.63. The lowest BCUT2D eigenvalue weighted by molar-refractivity contribution is 0.947. The molecule has 0 fully saturated rings. The molecule has 3 heterocycles. The average Bonchev–Trinajstić information content (AvgIpc) is 2.95. The van der Waals surface area contributed by atoms with E-state index in [0.29, 0.717) is 5.95 Å². The van der Waals surface area contributed by atoms with Crippen molar-refractivity contribution in [3.8, 4) is 0 Å². The summed E-state index contributed by atoms with van der Waals surface area (Å²) in [6, 6.07) is 6.06. The summed E-state index contributed by atoms with van der Waals surface area (Å²) in [5.74, 6) is 0.707. The number of hydrogen-bond acceptors (Lipinski definition) is 6. The second-order valence-corrected chi connectivity index (χ2v) is 6.16. The number of hydrogen-bond donors (Lipinski definition) is 1. The minimum Gasteiger partial charge on any atom is -0.354 e. The zero-order chi connectivity index (χ0) is 13.8. The van der Waals surface area contributed by atoms with Gasteiger partial charge in [-0.1, -0.05) is 18.7 Å². The van der Waals surface area contributed by atoms with Crippen LogP contribution in [0.15, 0.2) is 45.9 Å². The molecule has 3 aromatic rings. The second-order valence-electron chi connectivity index (χ2n) is 4.20. The SMILES string of the molecule is CCCNc1nc(Sc2ccncc2)c2ccsc2n1. The maximum atomic E-state index is 4.63. The highest BCUT2D eigenvalue weighted by atomic mass is 32.2. The van der Waals surface area contributed by atoms with Crippen molar-refractivity contribution >= 4 is 39.3 Å². The predicted molar refractivity (Wildman–Crippen MR) is 84.6 cm³/mol. The number of thiophene rings is 1. The molecule has 1 N–H and O–H groups in total. The van der Waals surface area contributed by atoms with Gasteiger partial charge in [-0.25, -0.2) is 9.97 Å². The number of nitrogens with zero attached hydrogens (tertiary/aromatic N) is 3. The van der Waals surface area contributed by atoms with Crippen LogP contribution in [0.3, 0.4) is 0 Å². The highest BCUT2D eigenvalue weighted by molar-refractivity contribution is 7.99. The molecule has 0 radical (unpaired) electrons. The first-order valence-electron chi connectivity index (χ1n) is 6.44. The summed E-state index contributed by atoms with van der Waals surface area (Å²) in [6.07, 6.45) is 4.65. The van der Waals surface area contributed by atoms with Gasteiger partial charge in [0.2, 0.25) is 5.95 Å². The monoisotopic (exact) mass is 302 g/mol. The first-order valence-corrected chi connectivity index (χ1v) is 8.13. The van der Waals surface area contributed by atoms with Gasteiger partial charge in [-0.3, -0.25) is 4.98 Å². The van der Waals surface area contributed by atoms with E-state index in [-0.39, 0.29) is 0 Å². The van der Waals surface area contributed by atoms with Crippen molar-refractivity contribution in [1.29, 1.82) is 0 Å². The fourth-order valence-corrected chi connectivity index (χ4v) is 3.46. The Morgan fingerprint density at radius 2 is 2.05 bits per heavy atom. The van der Waals surface area contributed by atoms with E-state index in [4.69, 9.17) is 0 Å². The van der Waals surface area contributed by atoms with E-state index in [0.717, 1.165) is 33.1 Å². The highest BCUT2D eigenvalue weighted by Gasteiger charge is 2.10. The van der Waals surface area contributed by atoms with Gasteiger partial charge in [0.15, 0.2) is 0 Å². The quantitative estimate of drug-likeness (QED) is 0.720. The molecule has 0 spiro atoms. The number of pyridine rings is 1. The summed E-state index contributed by atoms with van der Waals surface area (Å²) in [4.78, 5) is 15.4. The number of aromatic nitrogens is 3. The Kier molecular flexibility index (Phi) is 4.13. The van der Waals surface area contributed by atoms with Crippen LogP contribution >= 0.6 is 23.1 Å². The molecule has 0 bridgehead atoms. The minimum absolute atomic E-state index is 0.707. The van der Waals surface area contributed by atoms with E-state index in [1.807, 2.05) is 12.1 Å². The summed E-state index contributed by atoms with van der Waals surface area (Å²) < 4.78 is 0. The predicted octanol–water partition coefficient (Wildman–Crippen LogP) is 4.06. The number of rotatable bonds is 5. The molecule has 6 heteroatoms. The van der Waals surface area contributed by atoms with E-state index in [9.17, 15) is 0 Å². The van der Waals surface area contributed by atoms with E-state index < -0.39 is 0 Å². The molecule has 102 valence electrons. The van der Waals surface area contributed by atoms with E-state index in [1.54, 1.807) is 35.5 Å². The number of anilines is 1. The van der Waals surface area contributed by atoms with Crippen molar-refractivity contribution in [3.63, 3.8) is 0 Å². The molecule has 4 nitrogen and oxygen atoms in total. The lowest BCUT2D eigenvalue weighted by Gasteiger charge is -2.07. The third-order valence-electron chi connectivity index (χ3n) is 2.69. The Labute approximate surface area is 125 Å². The van der Waals surface area contributed by atoms with E-state index in [2.05, 4.69) is 38.6 Å². The molecule has 0 aliphatic heterocycles. The van der Waals surface area contributed by atoms with Gasteiger partial charge < -0.3 is 5.32 Å². The first kappa shape index (κ1) is 13.3. The normalized spacial score (nSPS) is 10.8. The molecule has 0 atom stereocenters. The van der Waals surface area contributed by atoms with Gasteiger partial charge in [0.25, 0.3) is 0 Å². The van der Waals surface area contributed by atoms with Crippen LogP contribution < -0.4 is 5.32 Å². The van der Waals surface area contributed by atoms with Gasteiger partial charge in [-0.15, -0.1) is 11.3 Å². The Bertz CT molecular complexity index is 697. The smallest absolute Gasteiger partial charge is 0.225 e. The molecule has 0 aliphatic rings. The molecular weight excluding hydrogens is 288 g/mol. The molecule has 20 heavy (non-hydrogen) atoms. The number of fused-ring (bicyclic) bond motifs is 1. The van der Waals surface area contributed by atoms with Crippen molar-refractivity contribution < 1.29 is 0 Å². The summed E-state index contributed by atoms with van der Waals surface area (Å²) in [5, 5.41) is 7.41. The summed E-state index contributed by atoms with van der Waals surface area (Å²) >= 11 is 3.29. The van der Waals surface area contributed by atoms with Gasteiger partial charge in [0.05, 0.1) is 0 Å². The van der Waals surface area contributed by atoms with Gasteiger partial charge >= 0.3 is 0 Å². The Hall–Kier alpha value is -1.66. The van der Waals surface area contributed by atoms with Crippen LogP contribution in [0.5, 0.6) is 0 Å². The zero-order valence-electron chi connectivity index (χ0n) is 11.0. The lowest BCUT2D eigenvalue weighted by atomic mass is 10.4. The van der Waals surface area contributed by atoms with Crippen LogP contribution in [0.2, 0.25) is 0 Å². The molecule has 0 aliphatic carbocycles. The van der Waals surface area contributed by atoms with Gasteiger partial charge in [-0.05, 0) is 30.0 Å². The second kappa shape index (κ2) is 6.19. The van der Waals surface area contributed by atoms with Crippen LogP contribution in [0, 0.1) is 0 Å². The highest BCUT2D eigenvalue weighted by Crippen LogP contribution is 2.33. The van der Waals surface area contributed by atoms with Gasteiger partial charge in [0, 0.05) is 29.2 Å². The molecule has 3 aromatic heterocycles. The number of nitrogens with one attached hydrogen (secondary N) is 1. The van der Waals surface area contributed by atoms with E-state index >= 15 is 0 Å². The topological polar surface area (TPSA) is 50.7 Å². The summed E-state index contributed by atoms with van der Waals surface area (Å²) in [5.41, 5.74) is 0. The summed E-state index contributed by atoms with van der Waals surface area (Å²) in [7, 11) is 0. The van der Waals surface area contributed by atoms with Crippen molar-refractivity contribution in [3.05, 3.63) is 36.0 Å². The van der Waals surface area contributed by atoms with Crippen LogP contribution in [-0.2, 0) is 0 Å². The maximum Gasteiger partial charge on any atom is 0.225 e. The lowest BCUT2D eigenvalue weighted by Crippen LogP contribution is -2.04. The molecule has 3 rings (SSSR count). The third-order valence-corrected chi connectivity index (χ3v) is 4.51. The first-order chi connectivity index (χ1) is 9.86. The van der Waals surface area contributed by atoms with Crippen LogP contribution in [-0.4, -0.2) is 21.5 Å². The zero-order valence-corrected chi connectivity index (χ0v) is 12.7. The largest absolute Gasteiger partial charge is 0.354 e. The van der Waals surface area contributed by atoms with Crippen molar-refractivity contribution in [2.45, 2.75) is 23.3 Å². The Morgan fingerprint density at radius 1 is 1.20 bits per heavy atom. The fraction of sp³-hybridized carbons (Fsp3) is 0.214. The summed E-state index contributed by atoms with van der Waals surface area (Å²) in [6.45, 7) is 3.01. The molecule has 0 saturated heterocycles. The van der Waals surface area contributed by atoms with Crippen molar-refractivity contribution in [2.24, 2.45) is 0 Å². The van der Waals surface area contributed by atoms with Gasteiger partial charge in [0.1, 0.15) is 9.86 Å².